The molecule has 0 fully saturated rings. The van der Waals surface area contributed by atoms with Gasteiger partial charge >= 0.3 is 6.01 Å². The summed E-state index contributed by atoms with van der Waals surface area (Å²) < 4.78 is 40.9. The second-order valence-electron chi connectivity index (χ2n) is 6.91. The van der Waals surface area contributed by atoms with E-state index in [-0.39, 0.29) is 16.7 Å². The van der Waals surface area contributed by atoms with Gasteiger partial charge in [-0.2, -0.15) is 0 Å². The molecule has 3 heterocycles. The van der Waals surface area contributed by atoms with Gasteiger partial charge in [-0.1, -0.05) is 10.3 Å². The van der Waals surface area contributed by atoms with Crippen molar-refractivity contribution in [3.8, 4) is 11.8 Å². The van der Waals surface area contributed by atoms with E-state index < -0.39 is 16.1 Å². The third-order valence-electron chi connectivity index (χ3n) is 4.75. The van der Waals surface area contributed by atoms with E-state index in [4.69, 9.17) is 9.26 Å². The molecule has 0 radical (unpaired) electrons. The summed E-state index contributed by atoms with van der Waals surface area (Å²) >= 11 is 0. The van der Waals surface area contributed by atoms with Crippen molar-refractivity contribution in [3.05, 3.63) is 47.7 Å². The number of nitrogens with one attached hydrogen (secondary N) is 2. The molecule has 0 aliphatic rings. The lowest BCUT2D eigenvalue weighted by Crippen LogP contribution is -2.29. The molecular weight excluding hydrogens is 408 g/mol. The van der Waals surface area contributed by atoms with E-state index in [0.29, 0.717) is 23.8 Å². The number of aromatic nitrogens is 5. The van der Waals surface area contributed by atoms with Crippen molar-refractivity contribution in [2.45, 2.75) is 45.2 Å². The summed E-state index contributed by atoms with van der Waals surface area (Å²) in [5, 5.41) is 13.1. The molecule has 1 atom stereocenters. The first-order chi connectivity index (χ1) is 14.3. The molecule has 158 valence electrons. The number of H-pyrrole nitrogens is 1. The zero-order chi connectivity index (χ0) is 21.5. The molecule has 2 N–H and O–H groups in total. The SMILES string of the molecule is CCn1c(Oc2ccc3cc[nH]c3c2)nnc1[C@@H](C)NS(=O)(=O)c1c(C)noc1C. The Morgan fingerprint density at radius 1 is 1.27 bits per heavy atom. The summed E-state index contributed by atoms with van der Waals surface area (Å²) in [5.41, 5.74) is 1.24. The number of hydrogen-bond acceptors (Lipinski definition) is 7. The van der Waals surface area contributed by atoms with Crippen molar-refractivity contribution in [1.29, 1.82) is 0 Å². The highest BCUT2D eigenvalue weighted by molar-refractivity contribution is 7.89. The monoisotopic (exact) mass is 430 g/mol. The van der Waals surface area contributed by atoms with Crippen molar-refractivity contribution < 1.29 is 17.7 Å². The molecule has 0 amide bonds. The summed E-state index contributed by atoms with van der Waals surface area (Å²) in [4.78, 5) is 3.17. The zero-order valence-corrected chi connectivity index (χ0v) is 17.8. The van der Waals surface area contributed by atoms with Crippen molar-refractivity contribution >= 4 is 20.9 Å². The maximum atomic E-state index is 12.8. The van der Waals surface area contributed by atoms with Gasteiger partial charge in [-0.3, -0.25) is 4.57 Å². The minimum atomic E-state index is -3.85. The number of nitrogens with zero attached hydrogens (tertiary/aromatic N) is 4. The van der Waals surface area contributed by atoms with Crippen LogP contribution >= 0.6 is 0 Å². The van der Waals surface area contributed by atoms with Crippen LogP contribution in [0.5, 0.6) is 11.8 Å². The van der Waals surface area contributed by atoms with Crippen LogP contribution in [-0.4, -0.2) is 33.3 Å². The summed E-state index contributed by atoms with van der Waals surface area (Å²) in [5.74, 6) is 1.26. The second-order valence-corrected chi connectivity index (χ2v) is 8.56. The van der Waals surface area contributed by atoms with Crippen LogP contribution in [0.1, 0.15) is 37.2 Å². The van der Waals surface area contributed by atoms with Gasteiger partial charge in [0.25, 0.3) is 0 Å². The molecule has 0 saturated heterocycles. The number of aryl methyl sites for hydroxylation is 2. The summed E-state index contributed by atoms with van der Waals surface area (Å²) in [7, 11) is -3.85. The lowest BCUT2D eigenvalue weighted by Gasteiger charge is -2.15. The Morgan fingerprint density at radius 3 is 2.77 bits per heavy atom. The second kappa shape index (κ2) is 7.58. The predicted molar refractivity (Wildman–Crippen MR) is 109 cm³/mol. The van der Waals surface area contributed by atoms with E-state index in [0.717, 1.165) is 10.9 Å². The van der Waals surface area contributed by atoms with Crippen LogP contribution in [0.2, 0.25) is 0 Å². The fraction of sp³-hybridized carbons (Fsp3) is 0.316. The summed E-state index contributed by atoms with van der Waals surface area (Å²) in [6.07, 6.45) is 1.86. The molecule has 4 rings (SSSR count). The molecule has 0 bridgehead atoms. The summed E-state index contributed by atoms with van der Waals surface area (Å²) in [6, 6.07) is 7.25. The van der Waals surface area contributed by atoms with E-state index >= 15 is 0 Å². The van der Waals surface area contributed by atoms with E-state index in [2.05, 4.69) is 25.1 Å². The lowest BCUT2D eigenvalue weighted by molar-refractivity contribution is 0.390. The van der Waals surface area contributed by atoms with Gasteiger partial charge in [0.2, 0.25) is 10.0 Å². The summed E-state index contributed by atoms with van der Waals surface area (Å²) in [6.45, 7) is 7.24. The molecule has 11 heteroatoms. The predicted octanol–water partition coefficient (Wildman–Crippen LogP) is 3.22. The third-order valence-corrected chi connectivity index (χ3v) is 6.54. The smallest absolute Gasteiger partial charge is 0.322 e. The van der Waals surface area contributed by atoms with Gasteiger partial charge in [0.1, 0.15) is 16.3 Å². The number of hydrogen-bond donors (Lipinski definition) is 2. The third kappa shape index (κ3) is 3.57. The molecule has 4 aromatic rings. The molecule has 0 aliphatic heterocycles. The van der Waals surface area contributed by atoms with Gasteiger partial charge in [-0.25, -0.2) is 13.1 Å². The minimum absolute atomic E-state index is 0.0348. The lowest BCUT2D eigenvalue weighted by atomic mass is 10.2. The van der Waals surface area contributed by atoms with Crippen molar-refractivity contribution in [2.24, 2.45) is 0 Å². The molecule has 3 aromatic heterocycles. The van der Waals surface area contributed by atoms with Crippen LogP contribution in [0.3, 0.4) is 0 Å². The fourth-order valence-electron chi connectivity index (χ4n) is 3.39. The van der Waals surface area contributed by atoms with Gasteiger partial charge in [-0.05, 0) is 51.3 Å². The molecular formula is C19H22N6O4S. The Bertz CT molecular complexity index is 1280. The van der Waals surface area contributed by atoms with Crippen LogP contribution in [-0.2, 0) is 16.6 Å². The molecule has 0 spiro atoms. The maximum absolute atomic E-state index is 12.8. The van der Waals surface area contributed by atoms with E-state index in [1.807, 2.05) is 37.4 Å². The van der Waals surface area contributed by atoms with Crippen LogP contribution < -0.4 is 9.46 Å². The molecule has 1 aromatic carbocycles. The van der Waals surface area contributed by atoms with Gasteiger partial charge < -0.3 is 14.2 Å². The Labute approximate surface area is 173 Å². The normalized spacial score (nSPS) is 13.1. The van der Waals surface area contributed by atoms with E-state index in [1.54, 1.807) is 25.3 Å². The number of fused-ring (bicyclic) bond motifs is 1. The Morgan fingerprint density at radius 2 is 2.07 bits per heavy atom. The first-order valence-electron chi connectivity index (χ1n) is 9.43. The van der Waals surface area contributed by atoms with Gasteiger partial charge in [0, 0.05) is 24.3 Å². The molecule has 0 saturated carbocycles. The standard InChI is InChI=1S/C19H22N6O4S/c1-5-25-18(12(3)24-30(26,27)17-11(2)23-29-13(17)4)21-22-19(25)28-15-7-6-14-8-9-20-16(14)10-15/h6-10,12,20,24H,5H2,1-4H3/t12-/m1/s1. The number of aromatic amines is 1. The van der Waals surface area contributed by atoms with Gasteiger partial charge in [0.15, 0.2) is 11.6 Å². The zero-order valence-electron chi connectivity index (χ0n) is 17.0. The highest BCUT2D eigenvalue weighted by atomic mass is 32.2. The highest BCUT2D eigenvalue weighted by Crippen LogP contribution is 2.27. The van der Waals surface area contributed by atoms with Crippen LogP contribution in [0, 0.1) is 13.8 Å². The first-order valence-corrected chi connectivity index (χ1v) is 10.9. The van der Waals surface area contributed by atoms with Crippen molar-refractivity contribution in [3.63, 3.8) is 0 Å². The number of ether oxygens (including phenoxy) is 1. The average molecular weight is 430 g/mol. The largest absolute Gasteiger partial charge is 0.424 e. The Hall–Kier alpha value is -3.18. The number of benzene rings is 1. The van der Waals surface area contributed by atoms with E-state index in [1.165, 1.54) is 0 Å². The fourth-order valence-corrected chi connectivity index (χ4v) is 4.92. The Kier molecular flexibility index (Phi) is 5.08. The van der Waals surface area contributed by atoms with Crippen LogP contribution in [0.15, 0.2) is 39.9 Å². The molecule has 30 heavy (non-hydrogen) atoms. The quantitative estimate of drug-likeness (QED) is 0.461. The highest BCUT2D eigenvalue weighted by Gasteiger charge is 2.28. The molecule has 0 unspecified atom stereocenters. The topological polar surface area (TPSA) is 128 Å². The minimum Gasteiger partial charge on any atom is -0.424 e. The first kappa shape index (κ1) is 20.1. The van der Waals surface area contributed by atoms with Crippen molar-refractivity contribution in [1.82, 2.24) is 29.6 Å². The van der Waals surface area contributed by atoms with Crippen LogP contribution in [0.25, 0.3) is 10.9 Å². The van der Waals surface area contributed by atoms with Gasteiger partial charge in [0.05, 0.1) is 6.04 Å². The van der Waals surface area contributed by atoms with E-state index in [9.17, 15) is 8.42 Å². The molecule has 10 nitrogen and oxygen atoms in total. The Balaban J connectivity index is 1.59. The molecule has 0 aliphatic carbocycles. The average Bonchev–Trinajstić information content (AvgIpc) is 3.39. The van der Waals surface area contributed by atoms with Crippen LogP contribution in [0.4, 0.5) is 0 Å². The van der Waals surface area contributed by atoms with Crippen molar-refractivity contribution in [2.75, 3.05) is 0 Å². The van der Waals surface area contributed by atoms with Gasteiger partial charge in [-0.15, -0.1) is 5.10 Å². The number of rotatable bonds is 7. The maximum Gasteiger partial charge on any atom is 0.322 e. The number of sulfonamides is 1.